The molecule has 3 atom stereocenters. The summed E-state index contributed by atoms with van der Waals surface area (Å²) in [6, 6.07) is 15.0. The Morgan fingerprint density at radius 3 is 2.46 bits per heavy atom. The number of fused-ring (bicyclic) bond motifs is 1. The van der Waals surface area contributed by atoms with Crippen LogP contribution in [0.4, 0.5) is 0 Å². The van der Waals surface area contributed by atoms with E-state index in [1.165, 1.54) is 6.92 Å². The van der Waals surface area contributed by atoms with Crippen molar-refractivity contribution in [3.8, 4) is 11.5 Å². The normalized spacial score (nSPS) is 18.5. The lowest BCUT2D eigenvalue weighted by Crippen LogP contribution is -2.41. The maximum Gasteiger partial charge on any atom is 0.253 e. The number of aromatic nitrogens is 1. The SMILES string of the molecule is CC(=O)C[C@H](C(=O)N[C@H]1CC[C@@H](N(C)C(=O)c2ccc(-c3nc4ccccc4o3)cc2)C1)C(C)C. The van der Waals surface area contributed by atoms with Gasteiger partial charge in [-0.2, -0.15) is 0 Å². The van der Waals surface area contributed by atoms with Gasteiger partial charge in [-0.05, 0) is 68.5 Å². The fourth-order valence-corrected chi connectivity index (χ4v) is 4.81. The Morgan fingerprint density at radius 2 is 1.80 bits per heavy atom. The third kappa shape index (κ3) is 5.61. The van der Waals surface area contributed by atoms with Gasteiger partial charge in [-0.3, -0.25) is 9.59 Å². The summed E-state index contributed by atoms with van der Waals surface area (Å²) in [7, 11) is 1.82. The largest absolute Gasteiger partial charge is 0.436 e. The molecule has 7 nitrogen and oxygen atoms in total. The van der Waals surface area contributed by atoms with Gasteiger partial charge in [0.1, 0.15) is 11.3 Å². The van der Waals surface area contributed by atoms with E-state index in [4.69, 9.17) is 4.42 Å². The Bertz CT molecular complexity index is 1180. The molecule has 2 amide bonds. The molecule has 1 heterocycles. The van der Waals surface area contributed by atoms with Crippen molar-refractivity contribution in [3.05, 3.63) is 54.1 Å². The van der Waals surface area contributed by atoms with Crippen LogP contribution < -0.4 is 5.32 Å². The Morgan fingerprint density at radius 1 is 1.09 bits per heavy atom. The maximum absolute atomic E-state index is 13.1. The smallest absolute Gasteiger partial charge is 0.253 e. The quantitative estimate of drug-likeness (QED) is 0.502. The molecule has 4 rings (SSSR count). The number of hydrogen-bond donors (Lipinski definition) is 1. The number of benzene rings is 2. The van der Waals surface area contributed by atoms with Crippen LogP contribution in [0.15, 0.2) is 52.9 Å². The van der Waals surface area contributed by atoms with Gasteiger partial charge in [0, 0.05) is 42.6 Å². The third-order valence-corrected chi connectivity index (χ3v) is 6.94. The first-order valence-electron chi connectivity index (χ1n) is 12.3. The first-order chi connectivity index (χ1) is 16.7. The molecule has 1 saturated carbocycles. The van der Waals surface area contributed by atoms with Crippen LogP contribution in [0, 0.1) is 11.8 Å². The Labute approximate surface area is 205 Å². The van der Waals surface area contributed by atoms with Gasteiger partial charge in [-0.25, -0.2) is 4.98 Å². The van der Waals surface area contributed by atoms with Gasteiger partial charge in [0.15, 0.2) is 5.58 Å². The van der Waals surface area contributed by atoms with Crippen LogP contribution >= 0.6 is 0 Å². The number of nitrogens with one attached hydrogen (secondary N) is 1. The molecule has 1 aromatic heterocycles. The first-order valence-corrected chi connectivity index (χ1v) is 12.3. The highest BCUT2D eigenvalue weighted by atomic mass is 16.3. The Balaban J connectivity index is 1.36. The molecule has 2 aromatic carbocycles. The van der Waals surface area contributed by atoms with E-state index in [0.29, 0.717) is 17.9 Å². The highest BCUT2D eigenvalue weighted by Crippen LogP contribution is 2.28. The van der Waals surface area contributed by atoms with Crippen molar-refractivity contribution in [2.45, 2.75) is 58.5 Å². The molecule has 0 aliphatic heterocycles. The van der Waals surface area contributed by atoms with Crippen LogP contribution in [0.5, 0.6) is 0 Å². The van der Waals surface area contributed by atoms with Gasteiger partial charge in [0.25, 0.3) is 5.91 Å². The molecular weight excluding hydrogens is 442 g/mol. The number of carbonyl (C=O) groups is 3. The standard InChI is InChI=1S/C28H33N3O4/c1-17(2)23(15-18(3)32)26(33)29-21-13-14-22(16-21)31(4)28(34)20-11-9-19(10-12-20)27-30-24-7-5-6-8-25(24)35-27/h5-12,17,21-23H,13-16H2,1-4H3,(H,29,33)/t21-,22+,23-/m0/s1. The van der Waals surface area contributed by atoms with Crippen LogP contribution in [0.3, 0.4) is 0 Å². The van der Waals surface area contributed by atoms with Gasteiger partial charge < -0.3 is 19.4 Å². The van der Waals surface area contributed by atoms with Crippen molar-refractivity contribution < 1.29 is 18.8 Å². The number of hydrogen-bond acceptors (Lipinski definition) is 5. The third-order valence-electron chi connectivity index (χ3n) is 6.94. The molecule has 3 aromatic rings. The average molecular weight is 476 g/mol. The molecule has 0 saturated heterocycles. The summed E-state index contributed by atoms with van der Waals surface area (Å²) in [5, 5.41) is 3.12. The van der Waals surface area contributed by atoms with Crippen LogP contribution in [-0.2, 0) is 9.59 Å². The van der Waals surface area contributed by atoms with Gasteiger partial charge in [0.2, 0.25) is 11.8 Å². The van der Waals surface area contributed by atoms with E-state index in [0.717, 1.165) is 29.5 Å². The lowest BCUT2D eigenvalue weighted by atomic mass is 9.90. The molecule has 0 radical (unpaired) electrons. The van der Waals surface area contributed by atoms with Crippen molar-refractivity contribution in [1.82, 2.24) is 15.2 Å². The molecule has 1 N–H and O–H groups in total. The monoisotopic (exact) mass is 475 g/mol. The summed E-state index contributed by atoms with van der Waals surface area (Å²) >= 11 is 0. The molecular formula is C28H33N3O4. The van der Waals surface area contributed by atoms with Gasteiger partial charge in [-0.15, -0.1) is 0 Å². The minimum Gasteiger partial charge on any atom is -0.436 e. The Hall–Kier alpha value is -3.48. The molecule has 0 unspecified atom stereocenters. The van der Waals surface area contributed by atoms with E-state index < -0.39 is 0 Å². The van der Waals surface area contributed by atoms with E-state index in [1.807, 2.05) is 57.3 Å². The molecule has 1 aliphatic carbocycles. The zero-order chi connectivity index (χ0) is 25.1. The van der Waals surface area contributed by atoms with Crippen molar-refractivity contribution in [2.75, 3.05) is 7.05 Å². The number of nitrogens with zero attached hydrogens (tertiary/aromatic N) is 2. The summed E-state index contributed by atoms with van der Waals surface area (Å²) in [6.45, 7) is 5.45. The second-order valence-electron chi connectivity index (χ2n) is 9.91. The second kappa shape index (κ2) is 10.4. The molecule has 35 heavy (non-hydrogen) atoms. The van der Waals surface area contributed by atoms with E-state index >= 15 is 0 Å². The molecule has 1 fully saturated rings. The number of rotatable bonds is 8. The van der Waals surface area contributed by atoms with Gasteiger partial charge in [0.05, 0.1) is 0 Å². The summed E-state index contributed by atoms with van der Waals surface area (Å²) in [4.78, 5) is 43.7. The average Bonchev–Trinajstić information content (AvgIpc) is 3.48. The van der Waals surface area contributed by atoms with Crippen molar-refractivity contribution in [2.24, 2.45) is 11.8 Å². The molecule has 184 valence electrons. The van der Waals surface area contributed by atoms with Crippen molar-refractivity contribution in [1.29, 1.82) is 0 Å². The first kappa shape index (κ1) is 24.6. The van der Waals surface area contributed by atoms with Crippen molar-refractivity contribution in [3.63, 3.8) is 0 Å². The summed E-state index contributed by atoms with van der Waals surface area (Å²) < 4.78 is 5.82. The van der Waals surface area contributed by atoms with Crippen LogP contribution in [0.1, 0.15) is 56.8 Å². The predicted octanol–water partition coefficient (Wildman–Crippen LogP) is 4.86. The number of ketones is 1. The highest BCUT2D eigenvalue weighted by Gasteiger charge is 2.33. The minimum atomic E-state index is -0.314. The summed E-state index contributed by atoms with van der Waals surface area (Å²) in [5.41, 5.74) is 2.94. The number of Topliss-reactive ketones (excluding diaryl/α,β-unsaturated/α-hetero) is 1. The number of amides is 2. The maximum atomic E-state index is 13.1. The molecule has 7 heteroatoms. The van der Waals surface area contributed by atoms with E-state index in [9.17, 15) is 14.4 Å². The van der Waals surface area contributed by atoms with Crippen LogP contribution in [0.2, 0.25) is 0 Å². The van der Waals surface area contributed by atoms with Gasteiger partial charge in [-0.1, -0.05) is 26.0 Å². The summed E-state index contributed by atoms with van der Waals surface area (Å²) in [5.74, 6) is 0.212. The number of carbonyl (C=O) groups excluding carboxylic acids is 3. The Kier molecular flexibility index (Phi) is 7.34. The zero-order valence-electron chi connectivity index (χ0n) is 20.8. The second-order valence-corrected chi connectivity index (χ2v) is 9.91. The number of para-hydroxylation sites is 2. The van der Waals surface area contributed by atoms with Gasteiger partial charge >= 0.3 is 0 Å². The lowest BCUT2D eigenvalue weighted by Gasteiger charge is -2.26. The van der Waals surface area contributed by atoms with E-state index in [1.54, 1.807) is 17.0 Å². The zero-order valence-corrected chi connectivity index (χ0v) is 20.8. The fraction of sp³-hybridized carbons (Fsp3) is 0.429. The molecule has 1 aliphatic rings. The highest BCUT2D eigenvalue weighted by molar-refractivity contribution is 5.94. The van der Waals surface area contributed by atoms with E-state index in [-0.39, 0.29) is 47.9 Å². The van der Waals surface area contributed by atoms with Crippen molar-refractivity contribution >= 4 is 28.7 Å². The summed E-state index contributed by atoms with van der Waals surface area (Å²) in [6.07, 6.45) is 2.61. The van der Waals surface area contributed by atoms with Crippen LogP contribution in [-0.4, -0.2) is 46.6 Å². The van der Waals surface area contributed by atoms with Crippen LogP contribution in [0.25, 0.3) is 22.6 Å². The topological polar surface area (TPSA) is 92.5 Å². The van der Waals surface area contributed by atoms with E-state index in [2.05, 4.69) is 10.3 Å². The fourth-order valence-electron chi connectivity index (χ4n) is 4.81. The molecule has 0 bridgehead atoms. The number of oxazole rings is 1. The molecule has 0 spiro atoms. The minimum absolute atomic E-state index is 0.0116. The lowest BCUT2D eigenvalue weighted by molar-refractivity contribution is -0.130. The predicted molar refractivity (Wildman–Crippen MR) is 135 cm³/mol.